The Bertz CT molecular complexity index is 241. The van der Waals surface area contributed by atoms with Crippen molar-refractivity contribution in [3.05, 3.63) is 0 Å². The van der Waals surface area contributed by atoms with Gasteiger partial charge in [-0.1, -0.05) is 32.6 Å². The summed E-state index contributed by atoms with van der Waals surface area (Å²) in [5, 5.41) is 12.3. The summed E-state index contributed by atoms with van der Waals surface area (Å²) in [6.07, 6.45) is 8.91. The average Bonchev–Trinajstić information content (AvgIpc) is 2.58. The molecule has 0 aliphatic heterocycles. The van der Waals surface area contributed by atoms with Gasteiger partial charge in [0.25, 0.3) is 0 Å². The van der Waals surface area contributed by atoms with Crippen LogP contribution in [-0.2, 0) is 4.74 Å². The number of rotatable bonds is 6. The standard InChI is InChI=1S/C14H26N2O/c1-3-16-14(2,12-15)10-11-17-13-8-6-4-5-7-9-13/h13,16H,3-11H2,1-2H3. The topological polar surface area (TPSA) is 45.0 Å². The van der Waals surface area contributed by atoms with Crippen molar-refractivity contribution < 1.29 is 4.74 Å². The third-order valence-corrected chi connectivity index (χ3v) is 3.57. The Morgan fingerprint density at radius 1 is 1.29 bits per heavy atom. The van der Waals surface area contributed by atoms with Crippen LogP contribution in [-0.4, -0.2) is 24.8 Å². The van der Waals surface area contributed by atoms with Gasteiger partial charge in [-0.25, -0.2) is 0 Å². The van der Waals surface area contributed by atoms with Crippen molar-refractivity contribution in [3.63, 3.8) is 0 Å². The molecule has 98 valence electrons. The lowest BCUT2D eigenvalue weighted by atomic mass is 10.0. The lowest BCUT2D eigenvalue weighted by Gasteiger charge is -2.24. The second-order valence-electron chi connectivity index (χ2n) is 5.21. The van der Waals surface area contributed by atoms with Gasteiger partial charge in [0.15, 0.2) is 0 Å². The zero-order chi connectivity index (χ0) is 12.6. The Morgan fingerprint density at radius 3 is 2.47 bits per heavy atom. The highest BCUT2D eigenvalue weighted by Crippen LogP contribution is 2.20. The molecule has 0 spiro atoms. The molecule has 1 fully saturated rings. The van der Waals surface area contributed by atoms with Crippen molar-refractivity contribution in [2.75, 3.05) is 13.2 Å². The van der Waals surface area contributed by atoms with Gasteiger partial charge in [-0.05, 0) is 26.3 Å². The van der Waals surface area contributed by atoms with Crippen LogP contribution in [0.5, 0.6) is 0 Å². The first-order chi connectivity index (χ1) is 8.20. The molecule has 1 aliphatic rings. The highest BCUT2D eigenvalue weighted by atomic mass is 16.5. The molecular formula is C14H26N2O. The Balaban J connectivity index is 2.23. The van der Waals surface area contributed by atoms with E-state index in [9.17, 15) is 0 Å². The highest BCUT2D eigenvalue weighted by molar-refractivity contribution is 5.03. The highest BCUT2D eigenvalue weighted by Gasteiger charge is 2.22. The van der Waals surface area contributed by atoms with Crippen molar-refractivity contribution in [1.29, 1.82) is 5.26 Å². The van der Waals surface area contributed by atoms with Crippen LogP contribution in [0, 0.1) is 11.3 Å². The molecule has 0 aromatic heterocycles. The van der Waals surface area contributed by atoms with E-state index < -0.39 is 5.54 Å². The molecular weight excluding hydrogens is 212 g/mol. The summed E-state index contributed by atoms with van der Waals surface area (Å²) in [6, 6.07) is 2.34. The molecule has 1 N–H and O–H groups in total. The molecule has 0 amide bonds. The van der Waals surface area contributed by atoms with Gasteiger partial charge in [0, 0.05) is 13.0 Å². The first-order valence-corrected chi connectivity index (χ1v) is 6.98. The molecule has 1 rings (SSSR count). The van der Waals surface area contributed by atoms with Crippen LogP contribution in [0.2, 0.25) is 0 Å². The van der Waals surface area contributed by atoms with Crippen molar-refractivity contribution in [2.45, 2.75) is 70.4 Å². The summed E-state index contributed by atoms with van der Waals surface area (Å²) < 4.78 is 5.92. The van der Waals surface area contributed by atoms with Crippen molar-refractivity contribution >= 4 is 0 Å². The van der Waals surface area contributed by atoms with E-state index in [4.69, 9.17) is 10.00 Å². The first kappa shape index (κ1) is 14.5. The van der Waals surface area contributed by atoms with E-state index >= 15 is 0 Å². The van der Waals surface area contributed by atoms with E-state index in [-0.39, 0.29) is 0 Å². The summed E-state index contributed by atoms with van der Waals surface area (Å²) in [7, 11) is 0. The van der Waals surface area contributed by atoms with Gasteiger partial charge in [-0.3, -0.25) is 5.32 Å². The van der Waals surface area contributed by atoms with Gasteiger partial charge in [0.2, 0.25) is 0 Å². The van der Waals surface area contributed by atoms with Crippen LogP contribution in [0.25, 0.3) is 0 Å². The largest absolute Gasteiger partial charge is 0.378 e. The van der Waals surface area contributed by atoms with Gasteiger partial charge >= 0.3 is 0 Å². The van der Waals surface area contributed by atoms with Crippen LogP contribution >= 0.6 is 0 Å². The summed E-state index contributed by atoms with van der Waals surface area (Å²) in [4.78, 5) is 0. The molecule has 17 heavy (non-hydrogen) atoms. The monoisotopic (exact) mass is 238 g/mol. The van der Waals surface area contributed by atoms with Gasteiger partial charge in [-0.15, -0.1) is 0 Å². The molecule has 1 atom stereocenters. The van der Waals surface area contributed by atoms with E-state index in [1.165, 1.54) is 38.5 Å². The molecule has 1 aliphatic carbocycles. The quantitative estimate of drug-likeness (QED) is 0.723. The molecule has 3 heteroatoms. The van der Waals surface area contributed by atoms with Gasteiger partial charge in [-0.2, -0.15) is 5.26 Å². The number of hydrogen-bond donors (Lipinski definition) is 1. The fourth-order valence-electron chi connectivity index (χ4n) is 2.41. The first-order valence-electron chi connectivity index (χ1n) is 6.98. The molecule has 0 saturated heterocycles. The molecule has 1 saturated carbocycles. The normalized spacial score (nSPS) is 21.5. The summed E-state index contributed by atoms with van der Waals surface area (Å²) in [5.74, 6) is 0. The summed E-state index contributed by atoms with van der Waals surface area (Å²) >= 11 is 0. The second-order valence-corrected chi connectivity index (χ2v) is 5.21. The van der Waals surface area contributed by atoms with E-state index in [1.54, 1.807) is 0 Å². The number of ether oxygens (including phenoxy) is 1. The third kappa shape index (κ3) is 5.52. The van der Waals surface area contributed by atoms with Crippen LogP contribution in [0.4, 0.5) is 0 Å². The SMILES string of the molecule is CCNC(C)(C#N)CCOC1CCCCCC1. The van der Waals surface area contributed by atoms with Crippen LogP contribution in [0.1, 0.15) is 58.8 Å². The number of hydrogen-bond acceptors (Lipinski definition) is 3. The molecule has 0 radical (unpaired) electrons. The van der Waals surface area contributed by atoms with E-state index in [0.717, 1.165) is 13.0 Å². The zero-order valence-corrected chi connectivity index (χ0v) is 11.3. The predicted molar refractivity (Wildman–Crippen MR) is 69.8 cm³/mol. The Morgan fingerprint density at radius 2 is 1.94 bits per heavy atom. The smallest absolute Gasteiger partial charge is 0.106 e. The van der Waals surface area contributed by atoms with Crippen molar-refractivity contribution in [3.8, 4) is 6.07 Å². The molecule has 0 bridgehead atoms. The summed E-state index contributed by atoms with van der Waals surface area (Å²) in [6.45, 7) is 5.50. The Labute approximate surface area is 106 Å². The second kappa shape index (κ2) is 7.68. The molecule has 0 aromatic carbocycles. The van der Waals surface area contributed by atoms with Crippen LogP contribution < -0.4 is 5.32 Å². The summed E-state index contributed by atoms with van der Waals surface area (Å²) in [5.41, 5.74) is -0.431. The molecule has 1 unspecified atom stereocenters. The minimum absolute atomic E-state index is 0.431. The lowest BCUT2D eigenvalue weighted by molar-refractivity contribution is 0.0346. The van der Waals surface area contributed by atoms with Gasteiger partial charge < -0.3 is 4.74 Å². The van der Waals surface area contributed by atoms with Crippen LogP contribution in [0.3, 0.4) is 0 Å². The number of nitrogens with zero attached hydrogens (tertiary/aromatic N) is 1. The fourth-order valence-corrected chi connectivity index (χ4v) is 2.41. The maximum Gasteiger partial charge on any atom is 0.106 e. The van der Waals surface area contributed by atoms with E-state index in [2.05, 4.69) is 11.4 Å². The average molecular weight is 238 g/mol. The van der Waals surface area contributed by atoms with Gasteiger partial charge in [0.05, 0.1) is 12.2 Å². The third-order valence-electron chi connectivity index (χ3n) is 3.57. The zero-order valence-electron chi connectivity index (χ0n) is 11.3. The number of nitrogens with one attached hydrogen (secondary N) is 1. The van der Waals surface area contributed by atoms with Gasteiger partial charge in [0.1, 0.15) is 5.54 Å². The van der Waals surface area contributed by atoms with Crippen LogP contribution in [0.15, 0.2) is 0 Å². The molecule has 0 heterocycles. The molecule has 3 nitrogen and oxygen atoms in total. The fraction of sp³-hybridized carbons (Fsp3) is 0.929. The van der Waals surface area contributed by atoms with E-state index in [0.29, 0.717) is 12.7 Å². The predicted octanol–water partition coefficient (Wildman–Crippen LogP) is 3.01. The lowest BCUT2D eigenvalue weighted by Crippen LogP contribution is -2.42. The van der Waals surface area contributed by atoms with Crippen molar-refractivity contribution in [2.24, 2.45) is 0 Å². The Kier molecular flexibility index (Phi) is 6.54. The maximum absolute atomic E-state index is 9.13. The van der Waals surface area contributed by atoms with Crippen molar-refractivity contribution in [1.82, 2.24) is 5.32 Å². The Hall–Kier alpha value is -0.590. The van der Waals surface area contributed by atoms with E-state index in [1.807, 2.05) is 13.8 Å². The number of nitriles is 1. The molecule has 0 aromatic rings. The maximum atomic E-state index is 9.13. The minimum atomic E-state index is -0.431. The minimum Gasteiger partial charge on any atom is -0.378 e.